The molecule has 0 spiro atoms. The molecule has 0 N–H and O–H groups in total. The third kappa shape index (κ3) is 4.96. The van der Waals surface area contributed by atoms with Crippen LogP contribution in [0.2, 0.25) is 0 Å². The van der Waals surface area contributed by atoms with Gasteiger partial charge in [-0.3, -0.25) is 9.29 Å². The summed E-state index contributed by atoms with van der Waals surface area (Å²) in [5, 5.41) is 0.810. The summed E-state index contributed by atoms with van der Waals surface area (Å²) in [6.45, 7) is 0.234. The van der Waals surface area contributed by atoms with Crippen molar-refractivity contribution in [1.82, 2.24) is 4.98 Å². The number of sulfonamides is 1. The molecule has 1 heterocycles. The number of aromatic nitrogens is 1. The van der Waals surface area contributed by atoms with Crippen molar-refractivity contribution in [2.24, 2.45) is 0 Å². The number of pyridine rings is 1. The molecule has 0 saturated heterocycles. The lowest BCUT2D eigenvalue weighted by molar-refractivity contribution is 0.596. The second-order valence-corrected chi connectivity index (χ2v) is 10.5. The van der Waals surface area contributed by atoms with E-state index in [9.17, 15) is 8.42 Å². The van der Waals surface area contributed by atoms with Gasteiger partial charge in [0.15, 0.2) is 0 Å². The van der Waals surface area contributed by atoms with Gasteiger partial charge in [0.25, 0.3) is 0 Å². The number of nitrogens with zero attached hydrogens (tertiary/aromatic N) is 2. The fourth-order valence-corrected chi connectivity index (χ4v) is 5.34. The van der Waals surface area contributed by atoms with Crippen molar-refractivity contribution in [1.29, 1.82) is 0 Å². The zero-order valence-corrected chi connectivity index (χ0v) is 20.3. The van der Waals surface area contributed by atoms with Gasteiger partial charge in [-0.05, 0) is 22.8 Å². The van der Waals surface area contributed by atoms with Crippen molar-refractivity contribution in [2.75, 3.05) is 10.6 Å². The lowest BCUT2D eigenvalue weighted by Gasteiger charge is -2.28. The molecular formula is C30H26N2O2S. The predicted octanol–water partition coefficient (Wildman–Crippen LogP) is 6.46. The summed E-state index contributed by atoms with van der Waals surface area (Å²) in [6, 6.07) is 37.6. The van der Waals surface area contributed by atoms with Crippen molar-refractivity contribution >= 4 is 26.6 Å². The fourth-order valence-electron chi connectivity index (χ4n) is 4.44. The maximum absolute atomic E-state index is 13.3. The normalized spacial score (nSPS) is 11.5. The Morgan fingerprint density at radius 2 is 1.23 bits per heavy atom. The van der Waals surface area contributed by atoms with Crippen molar-refractivity contribution < 1.29 is 8.42 Å². The zero-order valence-electron chi connectivity index (χ0n) is 19.5. The van der Waals surface area contributed by atoms with E-state index in [0.717, 1.165) is 38.9 Å². The molecule has 174 valence electrons. The Balaban J connectivity index is 1.84. The van der Waals surface area contributed by atoms with Crippen molar-refractivity contribution in [3.63, 3.8) is 0 Å². The van der Waals surface area contributed by atoms with Gasteiger partial charge in [0.1, 0.15) is 0 Å². The Hall–Kier alpha value is -3.96. The molecule has 4 nitrogen and oxygen atoms in total. The molecule has 0 atom stereocenters. The summed E-state index contributed by atoms with van der Waals surface area (Å²) in [5.74, 6) is 0. The minimum atomic E-state index is -3.62. The molecule has 5 heteroatoms. The summed E-state index contributed by atoms with van der Waals surface area (Å²) < 4.78 is 28.2. The number of rotatable bonds is 7. The highest BCUT2D eigenvalue weighted by atomic mass is 32.2. The van der Waals surface area contributed by atoms with Crippen LogP contribution in [0, 0.1) is 0 Å². The Bertz CT molecular complexity index is 1550. The largest absolute Gasteiger partial charge is 0.265 e. The smallest absolute Gasteiger partial charge is 0.232 e. The number of anilines is 1. The van der Waals surface area contributed by atoms with Crippen LogP contribution in [0.3, 0.4) is 0 Å². The predicted molar refractivity (Wildman–Crippen MR) is 144 cm³/mol. The molecule has 0 radical (unpaired) electrons. The second-order valence-electron chi connectivity index (χ2n) is 8.58. The van der Waals surface area contributed by atoms with E-state index in [2.05, 4.69) is 12.1 Å². The van der Waals surface area contributed by atoms with Gasteiger partial charge in [0.2, 0.25) is 10.0 Å². The Labute approximate surface area is 206 Å². The number of fused-ring (bicyclic) bond motifs is 1. The molecule has 5 aromatic rings. The molecule has 4 aromatic carbocycles. The van der Waals surface area contributed by atoms with Crippen LogP contribution < -0.4 is 4.31 Å². The molecule has 0 bridgehead atoms. The highest BCUT2D eigenvalue weighted by Crippen LogP contribution is 2.41. The van der Waals surface area contributed by atoms with Crippen LogP contribution in [-0.2, 0) is 23.0 Å². The maximum Gasteiger partial charge on any atom is 0.232 e. The average Bonchev–Trinajstić information content (AvgIpc) is 2.88. The van der Waals surface area contributed by atoms with Crippen LogP contribution in [0.4, 0.5) is 5.69 Å². The monoisotopic (exact) mass is 478 g/mol. The first-order chi connectivity index (χ1) is 17.0. The fraction of sp³-hybridized carbons (Fsp3) is 0.100. The molecule has 35 heavy (non-hydrogen) atoms. The number of hydrogen-bond donors (Lipinski definition) is 0. The summed E-state index contributed by atoms with van der Waals surface area (Å²) in [4.78, 5) is 5.06. The van der Waals surface area contributed by atoms with Gasteiger partial charge in [-0.1, -0.05) is 109 Å². The van der Waals surface area contributed by atoms with Crippen LogP contribution >= 0.6 is 0 Å². The molecule has 0 saturated carbocycles. The molecule has 1 aromatic heterocycles. The molecule has 0 aliphatic heterocycles. The molecule has 0 amide bonds. The van der Waals surface area contributed by atoms with Crippen LogP contribution in [0.1, 0.15) is 16.8 Å². The van der Waals surface area contributed by atoms with E-state index < -0.39 is 10.0 Å². The molecule has 0 aliphatic carbocycles. The van der Waals surface area contributed by atoms with E-state index in [-0.39, 0.29) is 6.54 Å². The van der Waals surface area contributed by atoms with Crippen molar-refractivity contribution in [3.8, 4) is 11.1 Å². The average molecular weight is 479 g/mol. The van der Waals surface area contributed by atoms with Crippen molar-refractivity contribution in [2.45, 2.75) is 13.0 Å². The standard InChI is InChI=1S/C30H26N2O2S/c1-35(33,34)32(22-24-15-7-3-8-16-24)30-26-19-11-12-20-27(26)31-28(21-23-13-5-2-6-14-23)29(30)25-17-9-4-10-18-25/h2-20H,21-22H2,1H3. The maximum atomic E-state index is 13.3. The van der Waals surface area contributed by atoms with Crippen LogP contribution in [-0.4, -0.2) is 19.7 Å². The second kappa shape index (κ2) is 9.72. The van der Waals surface area contributed by atoms with Gasteiger partial charge in [0.05, 0.1) is 29.7 Å². The van der Waals surface area contributed by atoms with Crippen LogP contribution in [0.25, 0.3) is 22.0 Å². The third-order valence-corrected chi connectivity index (χ3v) is 7.15. The van der Waals surface area contributed by atoms with E-state index >= 15 is 0 Å². The van der Waals surface area contributed by atoms with Gasteiger partial charge in [-0.25, -0.2) is 8.42 Å². The minimum absolute atomic E-state index is 0.234. The highest BCUT2D eigenvalue weighted by molar-refractivity contribution is 7.92. The van der Waals surface area contributed by atoms with E-state index in [1.807, 2.05) is 103 Å². The Morgan fingerprint density at radius 1 is 0.686 bits per heavy atom. The van der Waals surface area contributed by atoms with Crippen LogP contribution in [0.5, 0.6) is 0 Å². The highest BCUT2D eigenvalue weighted by Gasteiger charge is 2.27. The first-order valence-electron chi connectivity index (χ1n) is 11.5. The minimum Gasteiger partial charge on any atom is -0.265 e. The van der Waals surface area contributed by atoms with Crippen LogP contribution in [0.15, 0.2) is 115 Å². The number of hydrogen-bond acceptors (Lipinski definition) is 3. The molecular weight excluding hydrogens is 452 g/mol. The molecule has 0 unspecified atom stereocenters. The Kier molecular flexibility index (Phi) is 6.34. The first-order valence-corrected chi connectivity index (χ1v) is 13.4. The number of para-hydroxylation sites is 1. The quantitative estimate of drug-likeness (QED) is 0.270. The van der Waals surface area contributed by atoms with Gasteiger partial charge in [0, 0.05) is 17.4 Å². The third-order valence-electron chi connectivity index (χ3n) is 6.04. The lowest BCUT2D eigenvalue weighted by atomic mass is 9.95. The van der Waals surface area contributed by atoms with Crippen molar-refractivity contribution in [3.05, 3.63) is 132 Å². The van der Waals surface area contributed by atoms with Gasteiger partial charge in [-0.15, -0.1) is 0 Å². The number of benzene rings is 4. The SMILES string of the molecule is CS(=O)(=O)N(Cc1ccccc1)c1c(-c2ccccc2)c(Cc2ccccc2)nc2ccccc12. The summed E-state index contributed by atoms with van der Waals surface area (Å²) >= 11 is 0. The molecule has 0 aliphatic rings. The topological polar surface area (TPSA) is 50.3 Å². The van der Waals surface area contributed by atoms with E-state index in [1.54, 1.807) is 0 Å². The Morgan fingerprint density at radius 3 is 1.86 bits per heavy atom. The van der Waals surface area contributed by atoms with E-state index in [1.165, 1.54) is 10.6 Å². The summed E-state index contributed by atoms with van der Waals surface area (Å²) in [7, 11) is -3.62. The summed E-state index contributed by atoms with van der Waals surface area (Å²) in [5.41, 5.74) is 6.10. The van der Waals surface area contributed by atoms with Gasteiger partial charge >= 0.3 is 0 Å². The molecule has 0 fully saturated rings. The summed E-state index contributed by atoms with van der Waals surface area (Å²) in [6.07, 6.45) is 1.86. The molecule has 5 rings (SSSR count). The van der Waals surface area contributed by atoms with E-state index in [0.29, 0.717) is 12.1 Å². The van der Waals surface area contributed by atoms with Gasteiger partial charge < -0.3 is 0 Å². The van der Waals surface area contributed by atoms with Gasteiger partial charge in [-0.2, -0.15) is 0 Å². The zero-order chi connectivity index (χ0) is 24.3. The van der Waals surface area contributed by atoms with E-state index in [4.69, 9.17) is 4.98 Å². The first kappa shape index (κ1) is 22.8. The lowest BCUT2D eigenvalue weighted by Crippen LogP contribution is -2.30.